The minimum absolute atomic E-state index is 0.943. The molecule has 1 aromatic carbocycles. The standard InChI is InChI=1S/C14H15BO/c1-4-11(15-3)9-14-10(2)12-7-5-6-8-13(12)16-14/h4-9,15H,1H2,2-3H3/b11-9+. The highest BCUT2D eigenvalue weighted by Crippen LogP contribution is 2.26. The minimum Gasteiger partial charge on any atom is -0.456 e. The van der Waals surface area contributed by atoms with E-state index >= 15 is 0 Å². The van der Waals surface area contributed by atoms with E-state index in [4.69, 9.17) is 4.42 Å². The lowest BCUT2D eigenvalue weighted by atomic mass is 9.72. The predicted molar refractivity (Wildman–Crippen MR) is 72.1 cm³/mol. The van der Waals surface area contributed by atoms with Crippen molar-refractivity contribution in [2.24, 2.45) is 0 Å². The number of allylic oxidation sites excluding steroid dienone is 2. The van der Waals surface area contributed by atoms with Crippen LogP contribution in [0.15, 0.2) is 46.8 Å². The molecular formula is C14H15BO. The maximum Gasteiger partial charge on any atom is 0.154 e. The number of benzene rings is 1. The van der Waals surface area contributed by atoms with Crippen LogP contribution in [0.4, 0.5) is 0 Å². The van der Waals surface area contributed by atoms with E-state index < -0.39 is 0 Å². The third-order valence-electron chi connectivity index (χ3n) is 2.87. The number of hydrogen-bond acceptors (Lipinski definition) is 1. The van der Waals surface area contributed by atoms with E-state index in [0.29, 0.717) is 0 Å². The van der Waals surface area contributed by atoms with Crippen LogP contribution in [0.3, 0.4) is 0 Å². The summed E-state index contributed by atoms with van der Waals surface area (Å²) in [7, 11) is 0.972. The number of fused-ring (bicyclic) bond motifs is 1. The van der Waals surface area contributed by atoms with Crippen LogP contribution in [-0.4, -0.2) is 7.28 Å². The zero-order valence-corrected chi connectivity index (χ0v) is 9.79. The fourth-order valence-electron chi connectivity index (χ4n) is 1.80. The summed E-state index contributed by atoms with van der Waals surface area (Å²) in [5, 5.41) is 1.19. The summed E-state index contributed by atoms with van der Waals surface area (Å²) in [5.74, 6) is 0.943. The molecule has 0 spiro atoms. The van der Waals surface area contributed by atoms with E-state index in [1.165, 1.54) is 16.4 Å². The highest BCUT2D eigenvalue weighted by atomic mass is 16.3. The number of rotatable bonds is 3. The van der Waals surface area contributed by atoms with Crippen molar-refractivity contribution in [2.45, 2.75) is 13.7 Å². The molecule has 2 rings (SSSR count). The molecule has 0 saturated carbocycles. The van der Waals surface area contributed by atoms with Gasteiger partial charge >= 0.3 is 0 Å². The van der Waals surface area contributed by atoms with Crippen molar-refractivity contribution in [3.63, 3.8) is 0 Å². The first-order valence-electron chi connectivity index (χ1n) is 5.57. The van der Waals surface area contributed by atoms with Gasteiger partial charge in [0, 0.05) is 10.9 Å². The molecule has 2 heteroatoms. The molecule has 0 aliphatic rings. The predicted octanol–water partition coefficient (Wildman–Crippen LogP) is 3.75. The monoisotopic (exact) mass is 210 g/mol. The quantitative estimate of drug-likeness (QED) is 0.555. The van der Waals surface area contributed by atoms with Crippen LogP contribution in [-0.2, 0) is 0 Å². The molecule has 0 N–H and O–H groups in total. The Labute approximate surface area is 96.7 Å². The lowest BCUT2D eigenvalue weighted by Crippen LogP contribution is -1.85. The van der Waals surface area contributed by atoms with E-state index in [1.54, 1.807) is 0 Å². The zero-order chi connectivity index (χ0) is 11.5. The third-order valence-corrected chi connectivity index (χ3v) is 2.87. The molecule has 0 atom stereocenters. The first kappa shape index (κ1) is 10.8. The molecule has 0 aliphatic heterocycles. The van der Waals surface area contributed by atoms with Gasteiger partial charge in [0.15, 0.2) is 7.28 Å². The van der Waals surface area contributed by atoms with E-state index in [-0.39, 0.29) is 0 Å². The number of furan rings is 1. The lowest BCUT2D eigenvalue weighted by Gasteiger charge is -1.94. The highest BCUT2D eigenvalue weighted by Gasteiger charge is 2.07. The van der Waals surface area contributed by atoms with E-state index in [2.05, 4.69) is 32.5 Å². The molecule has 0 fully saturated rings. The van der Waals surface area contributed by atoms with Gasteiger partial charge in [-0.3, -0.25) is 0 Å². The summed E-state index contributed by atoms with van der Waals surface area (Å²) < 4.78 is 5.81. The topological polar surface area (TPSA) is 13.1 Å². The number of aryl methyl sites for hydroxylation is 1. The molecule has 0 radical (unpaired) electrons. The highest BCUT2D eigenvalue weighted by molar-refractivity contribution is 6.46. The van der Waals surface area contributed by atoms with Crippen molar-refractivity contribution >= 4 is 24.3 Å². The van der Waals surface area contributed by atoms with Crippen LogP contribution >= 0.6 is 0 Å². The van der Waals surface area contributed by atoms with Gasteiger partial charge in [0.25, 0.3) is 0 Å². The van der Waals surface area contributed by atoms with E-state index in [9.17, 15) is 0 Å². The Bertz CT molecular complexity index is 549. The van der Waals surface area contributed by atoms with Gasteiger partial charge in [0.1, 0.15) is 11.3 Å². The van der Waals surface area contributed by atoms with Crippen molar-refractivity contribution in [1.82, 2.24) is 0 Å². The Morgan fingerprint density at radius 3 is 2.75 bits per heavy atom. The second-order valence-corrected chi connectivity index (χ2v) is 3.86. The molecule has 0 unspecified atom stereocenters. The molecule has 0 saturated heterocycles. The molecule has 0 amide bonds. The fraction of sp³-hybridized carbons (Fsp3) is 0.143. The van der Waals surface area contributed by atoms with Crippen LogP contribution in [0.5, 0.6) is 0 Å². The molecular weight excluding hydrogens is 195 g/mol. The molecule has 0 aliphatic carbocycles. The summed E-state index contributed by atoms with van der Waals surface area (Å²) in [6.07, 6.45) is 3.95. The molecule has 1 nitrogen and oxygen atoms in total. The van der Waals surface area contributed by atoms with Crippen molar-refractivity contribution in [1.29, 1.82) is 0 Å². The van der Waals surface area contributed by atoms with Gasteiger partial charge in [-0.15, -0.1) is 0 Å². The summed E-state index contributed by atoms with van der Waals surface area (Å²) in [6.45, 7) is 8.01. The maximum atomic E-state index is 5.81. The summed E-state index contributed by atoms with van der Waals surface area (Å²) in [5.41, 5.74) is 3.34. The van der Waals surface area contributed by atoms with Crippen molar-refractivity contribution < 1.29 is 4.42 Å². The second kappa shape index (κ2) is 4.44. The lowest BCUT2D eigenvalue weighted by molar-refractivity contribution is 0.601. The largest absolute Gasteiger partial charge is 0.456 e. The Morgan fingerprint density at radius 1 is 1.38 bits per heavy atom. The van der Waals surface area contributed by atoms with Gasteiger partial charge in [-0.2, -0.15) is 0 Å². The molecule has 2 aromatic rings. The van der Waals surface area contributed by atoms with Gasteiger partial charge in [-0.1, -0.05) is 43.1 Å². The van der Waals surface area contributed by atoms with Crippen LogP contribution in [0.25, 0.3) is 17.0 Å². The molecule has 1 heterocycles. The van der Waals surface area contributed by atoms with Crippen LogP contribution in [0, 0.1) is 6.92 Å². The molecule has 1 aromatic heterocycles. The first-order chi connectivity index (χ1) is 7.76. The Kier molecular flexibility index (Phi) is 3.00. The summed E-state index contributed by atoms with van der Waals surface area (Å²) in [6, 6.07) is 8.11. The zero-order valence-electron chi connectivity index (χ0n) is 9.79. The van der Waals surface area contributed by atoms with E-state index in [0.717, 1.165) is 18.6 Å². The fourth-order valence-corrected chi connectivity index (χ4v) is 1.80. The van der Waals surface area contributed by atoms with Crippen molar-refractivity contribution in [2.75, 3.05) is 0 Å². The average Bonchev–Trinajstić information content (AvgIpc) is 2.64. The first-order valence-corrected chi connectivity index (χ1v) is 5.57. The Morgan fingerprint density at radius 2 is 2.12 bits per heavy atom. The number of hydrogen-bond donors (Lipinski definition) is 0. The second-order valence-electron chi connectivity index (χ2n) is 3.86. The smallest absolute Gasteiger partial charge is 0.154 e. The SMILES string of the molecule is C=C/C(BC)=C\c1oc2ccccc2c1C. The Hall–Kier alpha value is -1.70. The average molecular weight is 210 g/mol. The minimum atomic E-state index is 0.943. The summed E-state index contributed by atoms with van der Waals surface area (Å²) >= 11 is 0. The van der Waals surface area contributed by atoms with Crippen LogP contribution in [0.2, 0.25) is 6.82 Å². The van der Waals surface area contributed by atoms with Gasteiger partial charge in [0.2, 0.25) is 0 Å². The molecule has 16 heavy (non-hydrogen) atoms. The van der Waals surface area contributed by atoms with Gasteiger partial charge < -0.3 is 4.42 Å². The van der Waals surface area contributed by atoms with E-state index in [1.807, 2.05) is 24.3 Å². The van der Waals surface area contributed by atoms with Gasteiger partial charge in [0.05, 0.1) is 0 Å². The normalized spacial score (nSPS) is 11.8. The van der Waals surface area contributed by atoms with Crippen LogP contribution in [0.1, 0.15) is 11.3 Å². The Balaban J connectivity index is 2.57. The number of para-hydroxylation sites is 1. The summed E-state index contributed by atoms with van der Waals surface area (Å²) in [4.78, 5) is 0. The van der Waals surface area contributed by atoms with Crippen molar-refractivity contribution in [3.8, 4) is 0 Å². The van der Waals surface area contributed by atoms with Crippen LogP contribution < -0.4 is 0 Å². The van der Waals surface area contributed by atoms with Gasteiger partial charge in [-0.25, -0.2) is 0 Å². The molecule has 0 bridgehead atoms. The van der Waals surface area contributed by atoms with Crippen molar-refractivity contribution in [3.05, 3.63) is 53.7 Å². The molecule has 80 valence electrons. The third kappa shape index (κ3) is 1.83. The van der Waals surface area contributed by atoms with Gasteiger partial charge in [-0.05, 0) is 19.1 Å². The maximum absolute atomic E-state index is 5.81.